The van der Waals surface area contributed by atoms with Crippen LogP contribution in [0.3, 0.4) is 0 Å². The summed E-state index contributed by atoms with van der Waals surface area (Å²) in [4.78, 5) is 33.0. The minimum Gasteiger partial charge on any atom is -0.378 e. The van der Waals surface area contributed by atoms with Gasteiger partial charge in [-0.3, -0.25) is 9.59 Å². The molecule has 0 unspecified atom stereocenters. The molecule has 1 aliphatic heterocycles. The van der Waals surface area contributed by atoms with Gasteiger partial charge in [0.25, 0.3) is 11.5 Å². The molecule has 2 aromatic heterocycles. The molecular weight excluding hydrogens is 418 g/mol. The number of rotatable bonds is 5. The molecule has 0 saturated carbocycles. The molecule has 1 aliphatic rings. The molecule has 2 aromatic carbocycles. The Kier molecular flexibility index (Phi) is 5.82. The van der Waals surface area contributed by atoms with Gasteiger partial charge in [0.1, 0.15) is 5.82 Å². The Morgan fingerprint density at radius 2 is 1.67 bits per heavy atom. The van der Waals surface area contributed by atoms with Crippen molar-refractivity contribution in [3.05, 3.63) is 94.5 Å². The van der Waals surface area contributed by atoms with Crippen LogP contribution in [0.5, 0.6) is 0 Å². The van der Waals surface area contributed by atoms with Crippen LogP contribution in [0.2, 0.25) is 0 Å². The summed E-state index contributed by atoms with van der Waals surface area (Å²) in [5.74, 6) is 0.487. The fourth-order valence-corrected chi connectivity index (χ4v) is 3.99. The SMILES string of the molecule is O=C(NCc1cccnc1N1CCOCC1)c1nn(-c2ccccc2)c(=O)c2ccccc12. The number of fused-ring (bicyclic) bond motifs is 1. The van der Waals surface area contributed by atoms with Crippen LogP contribution in [-0.4, -0.2) is 47.0 Å². The summed E-state index contributed by atoms with van der Waals surface area (Å²) in [6.45, 7) is 3.11. The lowest BCUT2D eigenvalue weighted by Crippen LogP contribution is -2.38. The normalized spacial score (nSPS) is 13.8. The lowest BCUT2D eigenvalue weighted by atomic mass is 10.1. The van der Waals surface area contributed by atoms with E-state index < -0.39 is 0 Å². The molecule has 5 rings (SSSR count). The quantitative estimate of drug-likeness (QED) is 0.512. The third-order valence-electron chi connectivity index (χ3n) is 5.64. The number of pyridine rings is 1. The number of morpholine rings is 1. The molecule has 0 radical (unpaired) electrons. The molecule has 0 bridgehead atoms. The van der Waals surface area contributed by atoms with Crippen LogP contribution in [-0.2, 0) is 11.3 Å². The molecule has 1 saturated heterocycles. The fraction of sp³-hybridized carbons (Fsp3) is 0.200. The number of benzene rings is 2. The van der Waals surface area contributed by atoms with Gasteiger partial charge >= 0.3 is 0 Å². The first-order valence-corrected chi connectivity index (χ1v) is 10.8. The van der Waals surface area contributed by atoms with Crippen molar-refractivity contribution in [2.75, 3.05) is 31.2 Å². The highest BCUT2D eigenvalue weighted by atomic mass is 16.5. The Hall–Kier alpha value is -4.04. The van der Waals surface area contributed by atoms with Crippen LogP contribution in [0.15, 0.2) is 77.7 Å². The predicted octanol–water partition coefficient (Wildman–Crippen LogP) is 2.55. The summed E-state index contributed by atoms with van der Waals surface area (Å²) >= 11 is 0. The summed E-state index contributed by atoms with van der Waals surface area (Å²) in [6, 6.07) is 19.9. The minimum absolute atomic E-state index is 0.200. The van der Waals surface area contributed by atoms with E-state index in [1.165, 1.54) is 4.68 Å². The predicted molar refractivity (Wildman–Crippen MR) is 126 cm³/mol. The van der Waals surface area contributed by atoms with Gasteiger partial charge in [-0.25, -0.2) is 4.98 Å². The van der Waals surface area contributed by atoms with E-state index in [1.54, 1.807) is 42.6 Å². The summed E-state index contributed by atoms with van der Waals surface area (Å²) < 4.78 is 6.72. The van der Waals surface area contributed by atoms with Gasteiger partial charge in [0.2, 0.25) is 0 Å². The molecular formula is C25H23N5O3. The number of hydrogen-bond acceptors (Lipinski definition) is 6. The Morgan fingerprint density at radius 3 is 2.45 bits per heavy atom. The number of hydrogen-bond donors (Lipinski definition) is 1. The van der Waals surface area contributed by atoms with E-state index in [9.17, 15) is 9.59 Å². The third kappa shape index (κ3) is 4.20. The van der Waals surface area contributed by atoms with Gasteiger partial charge < -0.3 is 15.0 Å². The van der Waals surface area contributed by atoms with Crippen LogP contribution in [0, 0.1) is 0 Å². The Bertz CT molecular complexity index is 1350. The maximum atomic E-state index is 13.3. The van der Waals surface area contributed by atoms with Crippen molar-refractivity contribution in [2.24, 2.45) is 0 Å². The van der Waals surface area contributed by atoms with Crippen molar-refractivity contribution >= 4 is 22.5 Å². The molecule has 166 valence electrons. The number of amides is 1. The topological polar surface area (TPSA) is 89.3 Å². The number of carbonyl (C=O) groups excluding carboxylic acids is 1. The number of nitrogens with zero attached hydrogens (tertiary/aromatic N) is 4. The Morgan fingerprint density at radius 1 is 0.939 bits per heavy atom. The zero-order chi connectivity index (χ0) is 22.6. The maximum absolute atomic E-state index is 13.3. The van der Waals surface area contributed by atoms with E-state index in [0.29, 0.717) is 36.2 Å². The first-order chi connectivity index (χ1) is 16.2. The van der Waals surface area contributed by atoms with E-state index in [2.05, 4.69) is 20.3 Å². The Labute approximate surface area is 190 Å². The van der Waals surface area contributed by atoms with Gasteiger partial charge in [-0.1, -0.05) is 42.5 Å². The van der Waals surface area contributed by atoms with Crippen molar-refractivity contribution in [2.45, 2.75) is 6.54 Å². The standard InChI is InChI=1S/C25H23N5O3/c31-24(27-17-18-7-6-12-26-23(18)29-13-15-33-16-14-29)22-20-10-4-5-11-21(20)25(32)30(28-22)19-8-2-1-3-9-19/h1-12H,13-17H2,(H,27,31). The highest BCUT2D eigenvalue weighted by Gasteiger charge is 2.19. The van der Waals surface area contributed by atoms with Crippen LogP contribution < -0.4 is 15.8 Å². The first-order valence-electron chi connectivity index (χ1n) is 10.8. The number of ether oxygens (including phenoxy) is 1. The minimum atomic E-state index is -0.354. The lowest BCUT2D eigenvalue weighted by molar-refractivity contribution is 0.0946. The van der Waals surface area contributed by atoms with Crippen LogP contribution in [0.1, 0.15) is 16.1 Å². The second-order valence-electron chi connectivity index (χ2n) is 7.71. The van der Waals surface area contributed by atoms with E-state index in [1.807, 2.05) is 30.3 Å². The third-order valence-corrected chi connectivity index (χ3v) is 5.64. The number of nitrogens with one attached hydrogen (secondary N) is 1. The monoisotopic (exact) mass is 441 g/mol. The van der Waals surface area contributed by atoms with E-state index in [0.717, 1.165) is 24.5 Å². The highest BCUT2D eigenvalue weighted by molar-refractivity contribution is 6.04. The average Bonchev–Trinajstić information content (AvgIpc) is 2.89. The summed E-state index contributed by atoms with van der Waals surface area (Å²) in [5.41, 5.74) is 1.44. The second kappa shape index (κ2) is 9.22. The average molecular weight is 441 g/mol. The van der Waals surface area contributed by atoms with Gasteiger partial charge in [0.15, 0.2) is 5.69 Å². The first kappa shape index (κ1) is 20.8. The van der Waals surface area contributed by atoms with E-state index in [4.69, 9.17) is 4.74 Å². The number of carbonyl (C=O) groups is 1. The molecule has 0 aliphatic carbocycles. The van der Waals surface area contributed by atoms with Gasteiger partial charge in [-0.15, -0.1) is 0 Å². The molecule has 8 heteroatoms. The fourth-order valence-electron chi connectivity index (χ4n) is 3.99. The van der Waals surface area contributed by atoms with Crippen molar-refractivity contribution < 1.29 is 9.53 Å². The number of para-hydroxylation sites is 1. The van der Waals surface area contributed by atoms with Gasteiger partial charge in [0, 0.05) is 36.8 Å². The highest BCUT2D eigenvalue weighted by Crippen LogP contribution is 2.19. The van der Waals surface area contributed by atoms with Gasteiger partial charge in [0.05, 0.1) is 24.3 Å². The number of anilines is 1. The van der Waals surface area contributed by atoms with Crippen molar-refractivity contribution in [1.82, 2.24) is 20.1 Å². The zero-order valence-corrected chi connectivity index (χ0v) is 18.0. The van der Waals surface area contributed by atoms with E-state index in [-0.39, 0.29) is 17.2 Å². The molecule has 8 nitrogen and oxygen atoms in total. The van der Waals surface area contributed by atoms with Crippen LogP contribution in [0.25, 0.3) is 16.5 Å². The molecule has 0 spiro atoms. The summed E-state index contributed by atoms with van der Waals surface area (Å²) in [6.07, 6.45) is 1.75. The van der Waals surface area contributed by atoms with Crippen molar-refractivity contribution in [3.8, 4) is 5.69 Å². The van der Waals surface area contributed by atoms with Crippen molar-refractivity contribution in [3.63, 3.8) is 0 Å². The van der Waals surface area contributed by atoms with Crippen LogP contribution >= 0.6 is 0 Å². The van der Waals surface area contributed by atoms with Gasteiger partial charge in [-0.05, 0) is 24.3 Å². The van der Waals surface area contributed by atoms with E-state index >= 15 is 0 Å². The molecule has 1 N–H and O–H groups in total. The second-order valence-corrected chi connectivity index (χ2v) is 7.71. The largest absolute Gasteiger partial charge is 0.378 e. The van der Waals surface area contributed by atoms with Crippen LogP contribution in [0.4, 0.5) is 5.82 Å². The number of aromatic nitrogens is 3. The molecule has 1 amide bonds. The molecule has 0 atom stereocenters. The Balaban J connectivity index is 1.48. The molecule has 3 heterocycles. The summed E-state index contributed by atoms with van der Waals surface area (Å²) in [5, 5.41) is 8.38. The molecule has 1 fully saturated rings. The lowest BCUT2D eigenvalue weighted by Gasteiger charge is -2.29. The van der Waals surface area contributed by atoms with Gasteiger partial charge in [-0.2, -0.15) is 9.78 Å². The summed E-state index contributed by atoms with van der Waals surface area (Å²) in [7, 11) is 0. The van der Waals surface area contributed by atoms with Crippen molar-refractivity contribution in [1.29, 1.82) is 0 Å². The zero-order valence-electron chi connectivity index (χ0n) is 18.0. The maximum Gasteiger partial charge on any atom is 0.279 e. The molecule has 33 heavy (non-hydrogen) atoms. The smallest absolute Gasteiger partial charge is 0.279 e. The molecule has 4 aromatic rings.